The van der Waals surface area contributed by atoms with E-state index in [-0.39, 0.29) is 12.3 Å². The third kappa shape index (κ3) is 4.77. The molecule has 0 unspecified atom stereocenters. The Kier molecular flexibility index (Phi) is 6.94. The molecule has 2 aromatic carbocycles. The van der Waals surface area contributed by atoms with Gasteiger partial charge in [0.25, 0.3) is 15.7 Å². The molecule has 0 amide bonds. The van der Waals surface area contributed by atoms with Crippen molar-refractivity contribution in [1.82, 2.24) is 0 Å². The van der Waals surface area contributed by atoms with Crippen molar-refractivity contribution in [3.8, 4) is 5.75 Å². The largest absolute Gasteiger partial charge is 0.494 e. The van der Waals surface area contributed by atoms with Gasteiger partial charge >= 0.3 is 5.97 Å². The number of esters is 1. The molecule has 0 aliphatic rings. The van der Waals surface area contributed by atoms with E-state index in [1.54, 1.807) is 26.0 Å². The van der Waals surface area contributed by atoms with Crippen LogP contribution in [0.3, 0.4) is 0 Å². The van der Waals surface area contributed by atoms with Gasteiger partial charge in [0.15, 0.2) is 4.90 Å². The van der Waals surface area contributed by atoms with Crippen LogP contribution in [-0.4, -0.2) is 39.1 Å². The molecule has 0 radical (unpaired) electrons. The number of nitrogens with zero attached hydrogens (tertiary/aromatic N) is 2. The Morgan fingerprint density at radius 3 is 2.46 bits per heavy atom. The predicted octanol–water partition coefficient (Wildman–Crippen LogP) is 2.75. The van der Waals surface area contributed by atoms with E-state index >= 15 is 0 Å². The van der Waals surface area contributed by atoms with Crippen molar-refractivity contribution in [2.45, 2.75) is 18.7 Å². The fourth-order valence-electron chi connectivity index (χ4n) is 2.48. The van der Waals surface area contributed by atoms with Gasteiger partial charge in [-0.25, -0.2) is 8.42 Å². The molecule has 9 nitrogen and oxygen atoms in total. The summed E-state index contributed by atoms with van der Waals surface area (Å²) in [6, 6.07) is 11.1. The van der Waals surface area contributed by atoms with Gasteiger partial charge in [0.1, 0.15) is 12.3 Å². The fourth-order valence-corrected chi connectivity index (χ4v) is 4.04. The minimum Gasteiger partial charge on any atom is -0.494 e. The Labute approximate surface area is 162 Å². The molecule has 2 rings (SSSR count). The number of anilines is 1. The van der Waals surface area contributed by atoms with Crippen molar-refractivity contribution < 1.29 is 27.6 Å². The van der Waals surface area contributed by atoms with Crippen molar-refractivity contribution in [3.05, 3.63) is 58.6 Å². The molecule has 0 saturated heterocycles. The second-order valence-corrected chi connectivity index (χ2v) is 7.30. The third-order valence-corrected chi connectivity index (χ3v) is 5.45. The van der Waals surface area contributed by atoms with Gasteiger partial charge in [-0.15, -0.1) is 0 Å². The van der Waals surface area contributed by atoms with E-state index in [0.717, 1.165) is 16.4 Å². The first-order valence-corrected chi connectivity index (χ1v) is 9.89. The molecule has 2 aromatic rings. The van der Waals surface area contributed by atoms with Gasteiger partial charge < -0.3 is 9.47 Å². The Bertz CT molecular complexity index is 960. The Hall–Kier alpha value is -3.14. The number of para-hydroxylation sites is 1. The van der Waals surface area contributed by atoms with E-state index in [0.29, 0.717) is 12.4 Å². The number of sulfonamides is 1. The molecule has 0 bridgehead atoms. The molecule has 0 fully saturated rings. The van der Waals surface area contributed by atoms with Crippen LogP contribution in [0.4, 0.5) is 11.4 Å². The minimum atomic E-state index is -4.44. The summed E-state index contributed by atoms with van der Waals surface area (Å²) in [4.78, 5) is 22.0. The average molecular weight is 408 g/mol. The van der Waals surface area contributed by atoms with Crippen LogP contribution < -0.4 is 9.04 Å². The van der Waals surface area contributed by atoms with E-state index in [1.165, 1.54) is 24.3 Å². The van der Waals surface area contributed by atoms with Gasteiger partial charge in [0, 0.05) is 12.1 Å². The molecule has 0 aliphatic carbocycles. The Morgan fingerprint density at radius 2 is 1.82 bits per heavy atom. The number of nitro benzene ring substituents is 1. The highest BCUT2D eigenvalue weighted by molar-refractivity contribution is 7.93. The molecular formula is C18H20N2O7S. The SMILES string of the molecule is CCOC(=O)CN(c1cccc(OCC)c1)S(=O)(=O)c1ccccc1[N+](=O)[O-]. The van der Waals surface area contributed by atoms with Gasteiger partial charge in [-0.3, -0.25) is 19.2 Å². The number of benzene rings is 2. The second-order valence-electron chi connectivity index (χ2n) is 5.47. The van der Waals surface area contributed by atoms with Gasteiger partial charge in [0.05, 0.1) is 23.8 Å². The summed E-state index contributed by atoms with van der Waals surface area (Å²) in [5.41, 5.74) is -0.463. The Balaban J connectivity index is 2.60. The van der Waals surface area contributed by atoms with E-state index < -0.39 is 38.0 Å². The maximum Gasteiger partial charge on any atom is 0.326 e. The van der Waals surface area contributed by atoms with Crippen LogP contribution >= 0.6 is 0 Å². The summed E-state index contributed by atoms with van der Waals surface area (Å²) in [6.07, 6.45) is 0. The van der Waals surface area contributed by atoms with Gasteiger partial charge in [-0.1, -0.05) is 18.2 Å². The average Bonchev–Trinajstić information content (AvgIpc) is 2.66. The van der Waals surface area contributed by atoms with Crippen LogP contribution in [0.15, 0.2) is 53.4 Å². The summed E-state index contributed by atoms with van der Waals surface area (Å²) >= 11 is 0. The molecule has 0 spiro atoms. The molecule has 0 heterocycles. The zero-order valence-corrected chi connectivity index (χ0v) is 16.2. The lowest BCUT2D eigenvalue weighted by molar-refractivity contribution is -0.387. The highest BCUT2D eigenvalue weighted by Crippen LogP contribution is 2.31. The number of nitro groups is 1. The third-order valence-electron chi connectivity index (χ3n) is 3.62. The second kappa shape index (κ2) is 9.18. The quantitative estimate of drug-likeness (QED) is 0.356. The minimum absolute atomic E-state index is 0.0667. The normalized spacial score (nSPS) is 10.9. The maximum absolute atomic E-state index is 13.2. The van der Waals surface area contributed by atoms with Crippen LogP contribution in [0.1, 0.15) is 13.8 Å². The standard InChI is InChI=1S/C18H20N2O7S/c1-3-26-15-9-7-8-14(12-15)19(13-18(21)27-4-2)28(24,25)17-11-6-5-10-16(17)20(22)23/h5-12H,3-4,13H2,1-2H3. The van der Waals surface area contributed by atoms with Crippen molar-refractivity contribution in [2.24, 2.45) is 0 Å². The lowest BCUT2D eigenvalue weighted by Gasteiger charge is -2.24. The van der Waals surface area contributed by atoms with E-state index in [4.69, 9.17) is 9.47 Å². The molecule has 0 aliphatic heterocycles. The summed E-state index contributed by atoms with van der Waals surface area (Å²) in [7, 11) is -4.44. The summed E-state index contributed by atoms with van der Waals surface area (Å²) in [5.74, 6) is -0.391. The zero-order valence-electron chi connectivity index (χ0n) is 15.4. The van der Waals surface area contributed by atoms with E-state index in [9.17, 15) is 23.3 Å². The molecule has 150 valence electrons. The molecule has 10 heteroatoms. The summed E-state index contributed by atoms with van der Waals surface area (Å²) < 4.78 is 37.5. The van der Waals surface area contributed by atoms with Crippen molar-refractivity contribution >= 4 is 27.4 Å². The molecular weight excluding hydrogens is 388 g/mol. The molecule has 0 aromatic heterocycles. The van der Waals surface area contributed by atoms with Gasteiger partial charge in [-0.2, -0.15) is 0 Å². The zero-order chi connectivity index (χ0) is 20.7. The first-order valence-electron chi connectivity index (χ1n) is 8.45. The highest BCUT2D eigenvalue weighted by atomic mass is 32.2. The maximum atomic E-state index is 13.2. The van der Waals surface area contributed by atoms with Crippen molar-refractivity contribution in [1.29, 1.82) is 0 Å². The number of ether oxygens (including phenoxy) is 2. The summed E-state index contributed by atoms with van der Waals surface area (Å²) in [5, 5.41) is 11.3. The highest BCUT2D eigenvalue weighted by Gasteiger charge is 2.33. The molecule has 28 heavy (non-hydrogen) atoms. The van der Waals surface area contributed by atoms with Gasteiger partial charge in [0.2, 0.25) is 0 Å². The number of carbonyl (C=O) groups excluding carboxylic acids is 1. The number of carbonyl (C=O) groups is 1. The lowest BCUT2D eigenvalue weighted by Crippen LogP contribution is -2.37. The number of rotatable bonds is 9. The first kappa shape index (κ1) is 21.2. The summed E-state index contributed by atoms with van der Waals surface area (Å²) in [6.45, 7) is 3.15. The lowest BCUT2D eigenvalue weighted by atomic mass is 10.3. The first-order chi connectivity index (χ1) is 13.3. The molecule has 0 N–H and O–H groups in total. The Morgan fingerprint density at radius 1 is 1.11 bits per heavy atom. The molecule has 0 atom stereocenters. The van der Waals surface area contributed by atoms with E-state index in [2.05, 4.69) is 0 Å². The van der Waals surface area contributed by atoms with E-state index in [1.807, 2.05) is 0 Å². The van der Waals surface area contributed by atoms with Crippen molar-refractivity contribution in [3.63, 3.8) is 0 Å². The molecule has 0 saturated carbocycles. The number of hydrogen-bond donors (Lipinski definition) is 0. The van der Waals surface area contributed by atoms with Crippen LogP contribution in [0.25, 0.3) is 0 Å². The monoisotopic (exact) mass is 408 g/mol. The smallest absolute Gasteiger partial charge is 0.326 e. The van der Waals surface area contributed by atoms with Crippen LogP contribution in [0, 0.1) is 10.1 Å². The number of hydrogen-bond acceptors (Lipinski definition) is 7. The van der Waals surface area contributed by atoms with Crippen LogP contribution in [0.5, 0.6) is 5.75 Å². The van der Waals surface area contributed by atoms with Gasteiger partial charge in [-0.05, 0) is 32.0 Å². The topological polar surface area (TPSA) is 116 Å². The van der Waals surface area contributed by atoms with Crippen LogP contribution in [-0.2, 0) is 19.6 Å². The van der Waals surface area contributed by atoms with Crippen LogP contribution in [0.2, 0.25) is 0 Å². The predicted molar refractivity (Wildman–Crippen MR) is 102 cm³/mol. The fraction of sp³-hybridized carbons (Fsp3) is 0.278. The van der Waals surface area contributed by atoms with Crippen molar-refractivity contribution in [2.75, 3.05) is 24.1 Å².